The van der Waals surface area contributed by atoms with Crippen LogP contribution in [0, 0.1) is 33.5 Å². The lowest BCUT2D eigenvalue weighted by molar-refractivity contribution is 0.0525. The second-order valence-electron chi connectivity index (χ2n) is 15.2. The standard InChI is InChI=1S/C20H22ClN3O3.C18H18ClN3O3/c1-2-26-18(25)13-3-4-15(22-17(13)21)24-11-5-16(23-24)27-12-6-14-19(7-8-19)20(14)9-10-20;19-15-11(16(23)24)1-2-13(20-15)22-9-3-14(21-22)25-10-4-12-17(5-6-17)18(12)7-8-18/h3-5,11,14H,2,6-10,12H2,1H3;1-3,9,12H,4-8,10H2,(H,23,24). The van der Waals surface area contributed by atoms with Crippen molar-refractivity contribution in [3.05, 3.63) is 70.2 Å². The zero-order valence-electron chi connectivity index (χ0n) is 28.9. The van der Waals surface area contributed by atoms with Gasteiger partial charge in [0.25, 0.3) is 0 Å². The second-order valence-corrected chi connectivity index (χ2v) is 16.0. The van der Waals surface area contributed by atoms with Crippen molar-refractivity contribution in [3.63, 3.8) is 0 Å². The molecule has 14 heteroatoms. The summed E-state index contributed by atoms with van der Waals surface area (Å²) in [6, 6.07) is 9.89. The number of carbonyl (C=O) groups is 2. The summed E-state index contributed by atoms with van der Waals surface area (Å²) in [5.41, 5.74) is 3.08. The summed E-state index contributed by atoms with van der Waals surface area (Å²) < 4.78 is 19.8. The summed E-state index contributed by atoms with van der Waals surface area (Å²) in [5.74, 6) is 2.28. The number of carboxylic acids is 1. The molecule has 12 nitrogen and oxygen atoms in total. The molecule has 272 valence electrons. The van der Waals surface area contributed by atoms with E-state index in [4.69, 9.17) is 42.5 Å². The van der Waals surface area contributed by atoms with Gasteiger partial charge in [0, 0.05) is 24.5 Å². The molecular weight excluding hydrogens is 707 g/mol. The fraction of sp³-hybridized carbons (Fsp3) is 0.526. The van der Waals surface area contributed by atoms with Gasteiger partial charge in [-0.2, -0.15) is 0 Å². The summed E-state index contributed by atoms with van der Waals surface area (Å²) in [6.07, 6.45) is 17.2. The van der Waals surface area contributed by atoms with Crippen LogP contribution in [0.5, 0.6) is 11.8 Å². The smallest absolute Gasteiger partial charge is 0.341 e. The molecule has 10 rings (SSSR count). The Kier molecular flexibility index (Phi) is 7.89. The van der Waals surface area contributed by atoms with Crippen LogP contribution in [0.2, 0.25) is 10.3 Å². The minimum Gasteiger partial charge on any atom is -0.478 e. The maximum Gasteiger partial charge on any atom is 0.341 e. The van der Waals surface area contributed by atoms with Crippen molar-refractivity contribution in [1.82, 2.24) is 29.5 Å². The van der Waals surface area contributed by atoms with Gasteiger partial charge in [-0.1, -0.05) is 23.2 Å². The van der Waals surface area contributed by atoms with E-state index in [9.17, 15) is 9.59 Å². The molecule has 0 atom stereocenters. The third kappa shape index (κ3) is 5.55. The molecule has 6 saturated carbocycles. The Bertz CT molecular complexity index is 2030. The van der Waals surface area contributed by atoms with Crippen LogP contribution in [0.1, 0.15) is 91.8 Å². The summed E-state index contributed by atoms with van der Waals surface area (Å²) in [7, 11) is 0. The highest BCUT2D eigenvalue weighted by atomic mass is 35.5. The molecule has 6 aliphatic carbocycles. The van der Waals surface area contributed by atoms with Gasteiger partial charge in [0.2, 0.25) is 11.8 Å². The molecule has 6 fully saturated rings. The molecule has 0 unspecified atom stereocenters. The fourth-order valence-corrected chi connectivity index (χ4v) is 10.4. The van der Waals surface area contributed by atoms with Crippen molar-refractivity contribution in [1.29, 1.82) is 0 Å². The molecule has 4 heterocycles. The van der Waals surface area contributed by atoms with Crippen molar-refractivity contribution in [2.45, 2.75) is 71.1 Å². The Labute approximate surface area is 310 Å². The zero-order valence-corrected chi connectivity index (χ0v) is 30.4. The number of fused-ring (bicyclic) bond motifs is 2. The number of pyridine rings is 2. The first-order chi connectivity index (χ1) is 25.2. The zero-order chi connectivity index (χ0) is 35.9. The van der Waals surface area contributed by atoms with Crippen molar-refractivity contribution in [2.75, 3.05) is 19.8 Å². The van der Waals surface area contributed by atoms with Crippen LogP contribution < -0.4 is 9.47 Å². The average molecular weight is 748 g/mol. The monoisotopic (exact) mass is 746 g/mol. The van der Waals surface area contributed by atoms with Crippen LogP contribution in [0.3, 0.4) is 0 Å². The minimum absolute atomic E-state index is 0.0264. The van der Waals surface area contributed by atoms with E-state index in [1.54, 1.807) is 48.3 Å². The third-order valence-electron chi connectivity index (χ3n) is 12.9. The van der Waals surface area contributed by atoms with Gasteiger partial charge in [0.05, 0.1) is 30.9 Å². The maximum absolute atomic E-state index is 11.8. The summed E-state index contributed by atoms with van der Waals surface area (Å²) in [6.45, 7) is 3.44. The maximum atomic E-state index is 11.8. The average Bonchev–Trinajstić information content (AvgIpc) is 3.86. The number of carbonyl (C=O) groups excluding carboxylic acids is 1. The molecular formula is C38H40Cl2N6O6. The lowest BCUT2D eigenvalue weighted by atomic mass is 10.2. The molecule has 0 bridgehead atoms. The van der Waals surface area contributed by atoms with Gasteiger partial charge in [-0.05, 0) is 129 Å². The minimum atomic E-state index is -1.10. The fourth-order valence-electron chi connectivity index (χ4n) is 9.92. The Morgan fingerprint density at radius 3 is 1.50 bits per heavy atom. The van der Waals surface area contributed by atoms with Gasteiger partial charge >= 0.3 is 11.9 Å². The number of aromatic nitrogens is 6. The Morgan fingerprint density at radius 2 is 1.13 bits per heavy atom. The van der Waals surface area contributed by atoms with Crippen LogP contribution in [0.25, 0.3) is 11.6 Å². The van der Waals surface area contributed by atoms with Gasteiger partial charge in [0.1, 0.15) is 10.3 Å². The molecule has 6 aliphatic rings. The number of carboxylic acid groups (broad SMARTS) is 1. The van der Waals surface area contributed by atoms with E-state index in [1.807, 2.05) is 6.07 Å². The van der Waals surface area contributed by atoms with E-state index in [1.165, 1.54) is 62.1 Å². The summed E-state index contributed by atoms with van der Waals surface area (Å²) in [5, 5.41) is 17.8. The first kappa shape index (κ1) is 33.7. The molecule has 0 saturated heterocycles. The third-order valence-corrected chi connectivity index (χ3v) is 13.5. The quantitative estimate of drug-likeness (QED) is 0.107. The SMILES string of the molecule is CCOC(=O)c1ccc(-n2ccc(OCCC3C4(CC4)C34CC4)n2)nc1Cl.O=C(O)c1ccc(-n2ccc(OCCC3C4(CC4)C34CC4)n2)nc1Cl. The Morgan fingerprint density at radius 1 is 0.712 bits per heavy atom. The van der Waals surface area contributed by atoms with E-state index in [0.717, 1.165) is 35.5 Å². The topological polar surface area (TPSA) is 143 Å². The van der Waals surface area contributed by atoms with E-state index in [-0.39, 0.29) is 21.4 Å². The van der Waals surface area contributed by atoms with Crippen molar-refractivity contribution in [2.24, 2.45) is 33.5 Å². The highest BCUT2D eigenvalue weighted by Crippen LogP contribution is 2.93. The number of nitrogens with zero attached hydrogens (tertiary/aromatic N) is 6. The molecule has 0 amide bonds. The second kappa shape index (κ2) is 12.2. The van der Waals surface area contributed by atoms with Crippen LogP contribution in [-0.4, -0.2) is 66.4 Å². The Balaban J connectivity index is 0.000000139. The molecule has 4 aromatic rings. The number of halogens is 2. The lowest BCUT2D eigenvalue weighted by Crippen LogP contribution is -2.08. The van der Waals surface area contributed by atoms with Crippen molar-refractivity contribution in [3.8, 4) is 23.4 Å². The molecule has 4 spiro atoms. The molecule has 52 heavy (non-hydrogen) atoms. The van der Waals surface area contributed by atoms with Crippen molar-refractivity contribution < 1.29 is 28.9 Å². The molecule has 0 aliphatic heterocycles. The number of hydrogen-bond acceptors (Lipinski definition) is 9. The van der Waals surface area contributed by atoms with Crippen molar-refractivity contribution >= 4 is 35.1 Å². The number of rotatable bonds is 13. The first-order valence-electron chi connectivity index (χ1n) is 18.3. The van der Waals surface area contributed by atoms with E-state index in [2.05, 4.69) is 20.2 Å². The number of aromatic carboxylic acids is 1. The molecule has 0 radical (unpaired) electrons. The highest BCUT2D eigenvalue weighted by molar-refractivity contribution is 6.32. The van der Waals surface area contributed by atoms with Gasteiger partial charge in [-0.25, -0.2) is 28.9 Å². The summed E-state index contributed by atoms with van der Waals surface area (Å²) in [4.78, 5) is 31.1. The summed E-state index contributed by atoms with van der Waals surface area (Å²) >= 11 is 12.0. The van der Waals surface area contributed by atoms with Crippen LogP contribution in [0.4, 0.5) is 0 Å². The Hall–Kier alpha value is -4.16. The number of hydrogen-bond donors (Lipinski definition) is 1. The van der Waals surface area contributed by atoms with E-state index in [0.29, 0.717) is 54.0 Å². The largest absolute Gasteiger partial charge is 0.478 e. The van der Waals surface area contributed by atoms with Crippen LogP contribution >= 0.6 is 23.2 Å². The number of esters is 1. The molecule has 0 aromatic carbocycles. The number of ether oxygens (including phenoxy) is 3. The van der Waals surface area contributed by atoms with Crippen LogP contribution in [-0.2, 0) is 4.74 Å². The van der Waals surface area contributed by atoms with E-state index < -0.39 is 11.9 Å². The lowest BCUT2D eigenvalue weighted by Gasteiger charge is -2.06. The normalized spacial score (nSPS) is 21.1. The highest BCUT2D eigenvalue weighted by Gasteiger charge is 2.86. The van der Waals surface area contributed by atoms with Gasteiger partial charge < -0.3 is 19.3 Å². The predicted molar refractivity (Wildman–Crippen MR) is 190 cm³/mol. The first-order valence-corrected chi connectivity index (χ1v) is 19.0. The molecule has 1 N–H and O–H groups in total. The van der Waals surface area contributed by atoms with Gasteiger partial charge in [-0.3, -0.25) is 0 Å². The van der Waals surface area contributed by atoms with Gasteiger partial charge in [-0.15, -0.1) is 10.2 Å². The molecule has 4 aromatic heterocycles. The van der Waals surface area contributed by atoms with E-state index >= 15 is 0 Å². The predicted octanol–water partition coefficient (Wildman–Crippen LogP) is 7.63. The van der Waals surface area contributed by atoms with Gasteiger partial charge in [0.15, 0.2) is 11.6 Å². The van der Waals surface area contributed by atoms with Crippen LogP contribution in [0.15, 0.2) is 48.8 Å².